The van der Waals surface area contributed by atoms with Gasteiger partial charge in [0.05, 0.1) is 12.6 Å². The Morgan fingerprint density at radius 3 is 2.76 bits per heavy atom. The van der Waals surface area contributed by atoms with Crippen molar-refractivity contribution in [1.29, 1.82) is 0 Å². The molecule has 0 amide bonds. The summed E-state index contributed by atoms with van der Waals surface area (Å²) in [5.41, 5.74) is 3.52. The van der Waals surface area contributed by atoms with Gasteiger partial charge in [-0.15, -0.1) is 0 Å². The van der Waals surface area contributed by atoms with Gasteiger partial charge in [0, 0.05) is 30.5 Å². The van der Waals surface area contributed by atoms with Crippen LogP contribution in [0.15, 0.2) is 67.3 Å². The van der Waals surface area contributed by atoms with E-state index in [0.717, 1.165) is 12.2 Å². The lowest BCUT2D eigenvalue weighted by Crippen LogP contribution is -2.10. The summed E-state index contributed by atoms with van der Waals surface area (Å²) in [5, 5.41) is 7.83. The number of hydrogen-bond acceptors (Lipinski definition) is 3. The number of rotatable bonds is 5. The van der Waals surface area contributed by atoms with Crippen LogP contribution >= 0.6 is 0 Å². The Balaban J connectivity index is 1.79. The highest BCUT2D eigenvalue weighted by Gasteiger charge is 2.08. The van der Waals surface area contributed by atoms with Crippen molar-refractivity contribution in [2.24, 2.45) is 0 Å². The summed E-state index contributed by atoms with van der Waals surface area (Å²) < 4.78 is 1.93. The van der Waals surface area contributed by atoms with E-state index in [1.54, 1.807) is 12.4 Å². The molecule has 1 aromatic carbocycles. The molecule has 4 nitrogen and oxygen atoms in total. The van der Waals surface area contributed by atoms with Gasteiger partial charge in [0.2, 0.25) is 0 Å². The molecule has 0 aliphatic rings. The number of para-hydroxylation sites is 1. The number of benzene rings is 1. The van der Waals surface area contributed by atoms with Crippen molar-refractivity contribution in [3.8, 4) is 0 Å². The van der Waals surface area contributed by atoms with Crippen LogP contribution in [-0.4, -0.2) is 14.8 Å². The molecule has 2 aromatic heterocycles. The average Bonchev–Trinajstić information content (AvgIpc) is 3.03. The van der Waals surface area contributed by atoms with Crippen molar-refractivity contribution in [3.05, 3.63) is 78.4 Å². The molecule has 0 saturated heterocycles. The van der Waals surface area contributed by atoms with Gasteiger partial charge < -0.3 is 5.32 Å². The van der Waals surface area contributed by atoms with Gasteiger partial charge in [-0.3, -0.25) is 9.67 Å². The van der Waals surface area contributed by atoms with Crippen molar-refractivity contribution in [2.45, 2.75) is 19.5 Å². The first-order valence-electron chi connectivity index (χ1n) is 7.05. The van der Waals surface area contributed by atoms with Gasteiger partial charge in [-0.05, 0) is 36.2 Å². The van der Waals surface area contributed by atoms with Crippen LogP contribution in [0.2, 0.25) is 0 Å². The molecule has 4 heteroatoms. The summed E-state index contributed by atoms with van der Waals surface area (Å²) in [7, 11) is 0. The standard InChI is InChI=1S/C17H18N4/c1-14(15-7-4-9-18-12-15)20-17-8-3-2-6-16(17)13-21-11-5-10-19-21/h2-12,14,20H,13H2,1H3. The molecule has 0 radical (unpaired) electrons. The molecule has 0 aliphatic heterocycles. The predicted molar refractivity (Wildman–Crippen MR) is 84.0 cm³/mol. The molecule has 1 atom stereocenters. The molecule has 21 heavy (non-hydrogen) atoms. The Morgan fingerprint density at radius 1 is 1.10 bits per heavy atom. The van der Waals surface area contributed by atoms with Crippen LogP contribution in [0, 0.1) is 0 Å². The highest BCUT2D eigenvalue weighted by atomic mass is 15.3. The maximum absolute atomic E-state index is 4.27. The second-order valence-corrected chi connectivity index (χ2v) is 5.01. The van der Waals surface area contributed by atoms with E-state index in [0.29, 0.717) is 0 Å². The van der Waals surface area contributed by atoms with E-state index < -0.39 is 0 Å². The SMILES string of the molecule is CC(Nc1ccccc1Cn1cccn1)c1cccnc1. The fourth-order valence-electron chi connectivity index (χ4n) is 2.32. The zero-order valence-electron chi connectivity index (χ0n) is 12.0. The van der Waals surface area contributed by atoms with Gasteiger partial charge in [-0.1, -0.05) is 24.3 Å². The van der Waals surface area contributed by atoms with Gasteiger partial charge in [0.1, 0.15) is 0 Å². The summed E-state index contributed by atoms with van der Waals surface area (Å²) >= 11 is 0. The molecule has 0 fully saturated rings. The highest BCUT2D eigenvalue weighted by Crippen LogP contribution is 2.22. The first-order valence-corrected chi connectivity index (χ1v) is 7.05. The largest absolute Gasteiger partial charge is 0.378 e. The van der Waals surface area contributed by atoms with Crippen LogP contribution in [0.1, 0.15) is 24.1 Å². The molecule has 0 saturated carbocycles. The minimum atomic E-state index is 0.206. The quantitative estimate of drug-likeness (QED) is 0.776. The zero-order valence-corrected chi connectivity index (χ0v) is 12.0. The van der Waals surface area contributed by atoms with Crippen molar-refractivity contribution in [1.82, 2.24) is 14.8 Å². The lowest BCUT2D eigenvalue weighted by Gasteiger charge is -2.18. The van der Waals surface area contributed by atoms with Gasteiger partial charge in [-0.2, -0.15) is 5.10 Å². The summed E-state index contributed by atoms with van der Waals surface area (Å²) in [6.45, 7) is 2.90. The maximum atomic E-state index is 4.27. The molecule has 0 bridgehead atoms. The van der Waals surface area contributed by atoms with Crippen molar-refractivity contribution >= 4 is 5.69 Å². The summed E-state index contributed by atoms with van der Waals surface area (Å²) in [4.78, 5) is 4.18. The minimum Gasteiger partial charge on any atom is -0.378 e. The third-order valence-corrected chi connectivity index (χ3v) is 3.47. The lowest BCUT2D eigenvalue weighted by molar-refractivity contribution is 0.686. The van der Waals surface area contributed by atoms with Crippen LogP contribution in [0.25, 0.3) is 0 Å². The van der Waals surface area contributed by atoms with E-state index in [4.69, 9.17) is 0 Å². The Morgan fingerprint density at radius 2 is 2.00 bits per heavy atom. The second kappa shape index (κ2) is 6.22. The summed E-state index contributed by atoms with van der Waals surface area (Å²) in [6.07, 6.45) is 7.46. The Bertz CT molecular complexity index is 677. The topological polar surface area (TPSA) is 42.7 Å². The van der Waals surface area contributed by atoms with Crippen molar-refractivity contribution in [2.75, 3.05) is 5.32 Å². The van der Waals surface area contributed by atoms with Crippen molar-refractivity contribution in [3.63, 3.8) is 0 Å². The van der Waals surface area contributed by atoms with Gasteiger partial charge in [-0.25, -0.2) is 0 Å². The summed E-state index contributed by atoms with van der Waals surface area (Å²) in [6, 6.07) is 14.5. The number of hydrogen-bond donors (Lipinski definition) is 1. The molecule has 1 unspecified atom stereocenters. The number of nitrogens with one attached hydrogen (secondary N) is 1. The van der Waals surface area contributed by atoms with Crippen LogP contribution in [-0.2, 0) is 6.54 Å². The third-order valence-electron chi connectivity index (χ3n) is 3.47. The first-order chi connectivity index (χ1) is 10.3. The Kier molecular flexibility index (Phi) is 3.96. The molecule has 1 N–H and O–H groups in total. The zero-order chi connectivity index (χ0) is 14.5. The number of pyridine rings is 1. The van der Waals surface area contributed by atoms with Gasteiger partial charge in [0.25, 0.3) is 0 Å². The lowest BCUT2D eigenvalue weighted by atomic mass is 10.1. The van der Waals surface area contributed by atoms with E-state index in [1.165, 1.54) is 11.1 Å². The van der Waals surface area contributed by atoms with Crippen LogP contribution in [0.5, 0.6) is 0 Å². The molecule has 106 valence electrons. The van der Waals surface area contributed by atoms with Crippen molar-refractivity contribution < 1.29 is 0 Å². The van der Waals surface area contributed by atoms with Gasteiger partial charge in [0.15, 0.2) is 0 Å². The monoisotopic (exact) mass is 278 g/mol. The summed E-state index contributed by atoms with van der Waals surface area (Å²) in [5.74, 6) is 0. The van der Waals surface area contributed by atoms with E-state index in [2.05, 4.69) is 46.6 Å². The highest BCUT2D eigenvalue weighted by molar-refractivity contribution is 5.52. The molecular weight excluding hydrogens is 260 g/mol. The molecule has 0 aliphatic carbocycles. The van der Waals surface area contributed by atoms with E-state index in [-0.39, 0.29) is 6.04 Å². The fraction of sp³-hybridized carbons (Fsp3) is 0.176. The van der Waals surface area contributed by atoms with E-state index >= 15 is 0 Å². The van der Waals surface area contributed by atoms with Crippen LogP contribution in [0.3, 0.4) is 0 Å². The Hall–Kier alpha value is -2.62. The second-order valence-electron chi connectivity index (χ2n) is 5.01. The van der Waals surface area contributed by atoms with Crippen LogP contribution in [0.4, 0.5) is 5.69 Å². The minimum absolute atomic E-state index is 0.206. The molecular formula is C17H18N4. The van der Waals surface area contributed by atoms with E-state index in [1.807, 2.05) is 35.3 Å². The van der Waals surface area contributed by atoms with E-state index in [9.17, 15) is 0 Å². The third kappa shape index (κ3) is 3.28. The molecule has 0 spiro atoms. The maximum Gasteiger partial charge on any atom is 0.0679 e. The molecule has 3 aromatic rings. The Labute approximate surface area is 124 Å². The first kappa shape index (κ1) is 13.4. The van der Waals surface area contributed by atoms with Gasteiger partial charge >= 0.3 is 0 Å². The number of aromatic nitrogens is 3. The number of anilines is 1. The van der Waals surface area contributed by atoms with Crippen LogP contribution < -0.4 is 5.32 Å². The molecule has 2 heterocycles. The molecule has 3 rings (SSSR count). The average molecular weight is 278 g/mol. The fourth-order valence-corrected chi connectivity index (χ4v) is 2.32. The smallest absolute Gasteiger partial charge is 0.0679 e. The predicted octanol–water partition coefficient (Wildman–Crippen LogP) is 3.50. The number of nitrogens with zero attached hydrogens (tertiary/aromatic N) is 3. The normalized spacial score (nSPS) is 12.0.